The maximum absolute atomic E-state index is 12.5. The van der Waals surface area contributed by atoms with Gasteiger partial charge in [-0.1, -0.05) is 24.3 Å². The molecule has 1 aliphatic heterocycles. The second-order valence-corrected chi connectivity index (χ2v) is 7.08. The van der Waals surface area contributed by atoms with E-state index >= 15 is 0 Å². The van der Waals surface area contributed by atoms with Crippen molar-refractivity contribution in [1.29, 1.82) is 0 Å². The van der Waals surface area contributed by atoms with Crippen molar-refractivity contribution in [3.63, 3.8) is 0 Å². The number of carbonyl (C=O) groups is 1. The molecule has 0 atom stereocenters. The first kappa shape index (κ1) is 19.1. The van der Waals surface area contributed by atoms with Crippen LogP contribution in [0.4, 0.5) is 5.69 Å². The largest absolute Gasteiger partial charge is 0.378 e. The number of benzene rings is 2. The summed E-state index contributed by atoms with van der Waals surface area (Å²) in [5.74, 6) is -0.0720. The Morgan fingerprint density at radius 3 is 2.59 bits per heavy atom. The SMILES string of the molecule is CN(Cc1ccc(N2CCOCC2)cc1)C(=O)/C=C/c1cnc2ccccc2n1. The van der Waals surface area contributed by atoms with Crippen LogP contribution >= 0.6 is 0 Å². The summed E-state index contributed by atoms with van der Waals surface area (Å²) in [6, 6.07) is 16.1. The Morgan fingerprint density at radius 2 is 1.83 bits per heavy atom. The summed E-state index contributed by atoms with van der Waals surface area (Å²) >= 11 is 0. The van der Waals surface area contributed by atoms with E-state index in [1.165, 1.54) is 5.69 Å². The highest BCUT2D eigenvalue weighted by Crippen LogP contribution is 2.17. The number of aromatic nitrogens is 2. The van der Waals surface area contributed by atoms with Gasteiger partial charge in [0.25, 0.3) is 0 Å². The monoisotopic (exact) mass is 388 g/mol. The van der Waals surface area contributed by atoms with Gasteiger partial charge in [-0.05, 0) is 35.9 Å². The minimum atomic E-state index is -0.0720. The van der Waals surface area contributed by atoms with Gasteiger partial charge < -0.3 is 14.5 Å². The van der Waals surface area contributed by atoms with Gasteiger partial charge in [-0.3, -0.25) is 9.78 Å². The Balaban J connectivity index is 1.36. The van der Waals surface area contributed by atoms with Gasteiger partial charge in [0.15, 0.2) is 0 Å². The molecule has 29 heavy (non-hydrogen) atoms. The van der Waals surface area contributed by atoms with Crippen LogP contribution in [-0.2, 0) is 16.1 Å². The summed E-state index contributed by atoms with van der Waals surface area (Å²) in [4.78, 5) is 25.4. The smallest absolute Gasteiger partial charge is 0.246 e. The maximum atomic E-state index is 12.5. The third kappa shape index (κ3) is 4.78. The molecule has 2 heterocycles. The Labute approximate surface area is 170 Å². The van der Waals surface area contributed by atoms with E-state index < -0.39 is 0 Å². The van der Waals surface area contributed by atoms with Crippen LogP contribution in [0.3, 0.4) is 0 Å². The molecule has 3 aromatic rings. The zero-order chi connectivity index (χ0) is 20.1. The van der Waals surface area contributed by atoms with Crippen LogP contribution in [0.2, 0.25) is 0 Å². The van der Waals surface area contributed by atoms with Gasteiger partial charge in [-0.15, -0.1) is 0 Å². The van der Waals surface area contributed by atoms with E-state index in [0.29, 0.717) is 12.2 Å². The molecule has 4 rings (SSSR count). The van der Waals surface area contributed by atoms with Gasteiger partial charge in [-0.2, -0.15) is 0 Å². The van der Waals surface area contributed by atoms with Crippen molar-refractivity contribution in [1.82, 2.24) is 14.9 Å². The fourth-order valence-electron chi connectivity index (χ4n) is 3.32. The fourth-order valence-corrected chi connectivity index (χ4v) is 3.32. The van der Waals surface area contributed by atoms with Crippen molar-refractivity contribution in [2.24, 2.45) is 0 Å². The van der Waals surface area contributed by atoms with Crippen LogP contribution in [-0.4, -0.2) is 54.1 Å². The molecule has 0 bridgehead atoms. The quantitative estimate of drug-likeness (QED) is 0.629. The van der Waals surface area contributed by atoms with Gasteiger partial charge in [0.1, 0.15) is 0 Å². The number of ether oxygens (including phenoxy) is 1. The number of rotatable bonds is 5. The molecule has 0 N–H and O–H groups in total. The standard InChI is InChI=1S/C23H24N4O2/c1-26(17-18-6-9-20(10-7-18)27-12-14-29-15-13-27)23(28)11-8-19-16-24-21-4-2-3-5-22(21)25-19/h2-11,16H,12-15,17H2,1H3/b11-8+. The van der Waals surface area contributed by atoms with E-state index in [-0.39, 0.29) is 5.91 Å². The van der Waals surface area contributed by atoms with E-state index in [0.717, 1.165) is 42.9 Å². The number of anilines is 1. The fraction of sp³-hybridized carbons (Fsp3) is 0.261. The number of para-hydroxylation sites is 2. The van der Waals surface area contributed by atoms with E-state index in [2.05, 4.69) is 39.1 Å². The molecule has 0 aliphatic carbocycles. The third-order valence-electron chi connectivity index (χ3n) is 4.97. The zero-order valence-corrected chi connectivity index (χ0v) is 16.5. The topological polar surface area (TPSA) is 58.6 Å². The Bertz CT molecular complexity index is 1010. The highest BCUT2D eigenvalue weighted by atomic mass is 16.5. The second-order valence-electron chi connectivity index (χ2n) is 7.08. The number of nitrogens with zero attached hydrogens (tertiary/aromatic N) is 4. The number of amides is 1. The van der Waals surface area contributed by atoms with Crippen LogP contribution in [0.25, 0.3) is 17.1 Å². The van der Waals surface area contributed by atoms with E-state index in [1.54, 1.807) is 30.3 Å². The summed E-state index contributed by atoms with van der Waals surface area (Å²) in [6.45, 7) is 3.93. The van der Waals surface area contributed by atoms with Crippen molar-refractivity contribution in [2.45, 2.75) is 6.54 Å². The predicted octanol–water partition coefficient (Wildman–Crippen LogP) is 3.14. The lowest BCUT2D eigenvalue weighted by molar-refractivity contribution is -0.125. The zero-order valence-electron chi connectivity index (χ0n) is 16.5. The molecule has 6 nitrogen and oxygen atoms in total. The molecule has 1 saturated heterocycles. The van der Waals surface area contributed by atoms with Gasteiger partial charge in [0.05, 0.1) is 36.1 Å². The minimum Gasteiger partial charge on any atom is -0.378 e. The highest BCUT2D eigenvalue weighted by Gasteiger charge is 2.11. The summed E-state index contributed by atoms with van der Waals surface area (Å²) in [6.07, 6.45) is 4.93. The molecule has 0 unspecified atom stereocenters. The Morgan fingerprint density at radius 1 is 1.10 bits per heavy atom. The molecule has 148 valence electrons. The molecule has 2 aromatic carbocycles. The number of likely N-dealkylation sites (N-methyl/N-ethyl adjacent to an activating group) is 1. The Hall–Kier alpha value is -3.25. The van der Waals surface area contributed by atoms with Crippen LogP contribution in [0.1, 0.15) is 11.3 Å². The second kappa shape index (κ2) is 8.84. The van der Waals surface area contributed by atoms with Crippen LogP contribution in [0.15, 0.2) is 60.8 Å². The summed E-state index contributed by atoms with van der Waals surface area (Å²) in [5, 5.41) is 0. The van der Waals surface area contributed by atoms with Crippen molar-refractivity contribution >= 4 is 28.7 Å². The summed E-state index contributed by atoms with van der Waals surface area (Å²) in [7, 11) is 1.80. The Kier molecular flexibility index (Phi) is 5.81. The first-order valence-corrected chi connectivity index (χ1v) is 9.76. The van der Waals surface area contributed by atoms with Crippen molar-refractivity contribution in [3.8, 4) is 0 Å². The van der Waals surface area contributed by atoms with Crippen molar-refractivity contribution in [2.75, 3.05) is 38.3 Å². The molecule has 1 fully saturated rings. The lowest BCUT2D eigenvalue weighted by Crippen LogP contribution is -2.36. The van der Waals surface area contributed by atoms with E-state index in [4.69, 9.17) is 4.74 Å². The number of fused-ring (bicyclic) bond motifs is 1. The maximum Gasteiger partial charge on any atom is 0.246 e. The van der Waals surface area contributed by atoms with E-state index in [1.807, 2.05) is 24.3 Å². The summed E-state index contributed by atoms with van der Waals surface area (Å²) in [5.41, 5.74) is 4.61. The first-order chi connectivity index (χ1) is 14.2. The summed E-state index contributed by atoms with van der Waals surface area (Å²) < 4.78 is 5.40. The number of morpholine rings is 1. The molecule has 1 aromatic heterocycles. The third-order valence-corrected chi connectivity index (χ3v) is 4.97. The average molecular weight is 388 g/mol. The van der Waals surface area contributed by atoms with Crippen LogP contribution in [0.5, 0.6) is 0 Å². The van der Waals surface area contributed by atoms with Gasteiger partial charge in [-0.25, -0.2) is 4.98 Å². The normalized spacial score (nSPS) is 14.4. The van der Waals surface area contributed by atoms with Crippen molar-refractivity contribution < 1.29 is 9.53 Å². The molecular weight excluding hydrogens is 364 g/mol. The molecule has 0 radical (unpaired) electrons. The van der Waals surface area contributed by atoms with Crippen LogP contribution < -0.4 is 4.90 Å². The highest BCUT2D eigenvalue weighted by molar-refractivity contribution is 5.91. The predicted molar refractivity (Wildman–Crippen MR) is 115 cm³/mol. The lowest BCUT2D eigenvalue weighted by Gasteiger charge is -2.29. The number of carbonyl (C=O) groups excluding carboxylic acids is 1. The first-order valence-electron chi connectivity index (χ1n) is 9.76. The molecule has 1 aliphatic rings. The molecule has 0 spiro atoms. The number of hydrogen-bond acceptors (Lipinski definition) is 5. The minimum absolute atomic E-state index is 0.0720. The molecule has 6 heteroatoms. The van der Waals surface area contributed by atoms with E-state index in [9.17, 15) is 4.79 Å². The van der Waals surface area contributed by atoms with Gasteiger partial charge >= 0.3 is 0 Å². The molecular formula is C23H24N4O2. The molecule has 1 amide bonds. The number of hydrogen-bond donors (Lipinski definition) is 0. The van der Waals surface area contributed by atoms with Crippen molar-refractivity contribution in [3.05, 3.63) is 72.1 Å². The average Bonchev–Trinajstić information content (AvgIpc) is 2.78. The van der Waals surface area contributed by atoms with Gasteiger partial charge in [0.2, 0.25) is 5.91 Å². The molecule has 0 saturated carbocycles. The lowest BCUT2D eigenvalue weighted by atomic mass is 10.1. The van der Waals surface area contributed by atoms with Crippen LogP contribution in [0, 0.1) is 0 Å². The van der Waals surface area contributed by atoms with Gasteiger partial charge in [0, 0.05) is 38.4 Å².